The molecule has 0 saturated carbocycles. The molecule has 0 aromatic carbocycles. The van der Waals surface area contributed by atoms with Crippen molar-refractivity contribution in [2.75, 3.05) is 0 Å². The van der Waals surface area contributed by atoms with Gasteiger partial charge >= 0.3 is 0 Å². The van der Waals surface area contributed by atoms with Gasteiger partial charge in [-0.1, -0.05) is 49.4 Å². The lowest BCUT2D eigenvalue weighted by Crippen LogP contribution is -2.21. The molecule has 0 bridgehead atoms. The van der Waals surface area contributed by atoms with Gasteiger partial charge in [-0.05, 0) is 19.3 Å². The van der Waals surface area contributed by atoms with Crippen LogP contribution in [0.15, 0.2) is 22.4 Å². The SMILES string of the molecule is CC1=C([Si](C)(C)Cl)CC(C(C)C)=C1. The highest BCUT2D eigenvalue weighted by Crippen LogP contribution is 2.36. The minimum absolute atomic E-state index is 0.667. The summed E-state index contributed by atoms with van der Waals surface area (Å²) in [5.74, 6) is 0.667. The van der Waals surface area contributed by atoms with E-state index < -0.39 is 7.38 Å². The molecule has 13 heavy (non-hydrogen) atoms. The first-order valence-corrected chi connectivity index (χ1v) is 8.93. The fourth-order valence-electron chi connectivity index (χ4n) is 1.81. The number of allylic oxidation sites excluding steroid dienone is 4. The molecule has 0 spiro atoms. The van der Waals surface area contributed by atoms with Crippen LogP contribution in [0, 0.1) is 5.92 Å². The standard InChI is InChI=1S/C11H19ClSi/c1-8(2)10-6-9(3)11(7-10)13(4,5)12/h6,8H,7H2,1-5H3. The molecule has 0 N–H and O–H groups in total. The Morgan fingerprint density at radius 3 is 2.15 bits per heavy atom. The Kier molecular flexibility index (Phi) is 3.08. The molecule has 2 heteroatoms. The Balaban J connectivity index is 2.84. The maximum absolute atomic E-state index is 6.45. The summed E-state index contributed by atoms with van der Waals surface area (Å²) >= 11 is 6.45. The molecule has 0 radical (unpaired) electrons. The molecule has 0 unspecified atom stereocenters. The molecule has 0 atom stereocenters. The summed E-state index contributed by atoms with van der Waals surface area (Å²) in [4.78, 5) is 0. The lowest BCUT2D eigenvalue weighted by molar-refractivity contribution is 0.751. The van der Waals surface area contributed by atoms with E-state index in [1.807, 2.05) is 0 Å². The third-order valence-corrected chi connectivity index (χ3v) is 5.41. The summed E-state index contributed by atoms with van der Waals surface area (Å²) in [6.07, 6.45) is 3.46. The topological polar surface area (TPSA) is 0 Å². The molecule has 0 amide bonds. The van der Waals surface area contributed by atoms with Gasteiger partial charge in [0.15, 0.2) is 7.38 Å². The van der Waals surface area contributed by atoms with Crippen LogP contribution < -0.4 is 0 Å². The van der Waals surface area contributed by atoms with E-state index in [0.29, 0.717) is 5.92 Å². The highest BCUT2D eigenvalue weighted by atomic mass is 35.6. The van der Waals surface area contributed by atoms with Crippen LogP contribution in [0.5, 0.6) is 0 Å². The summed E-state index contributed by atoms with van der Waals surface area (Å²) in [7, 11) is -1.58. The van der Waals surface area contributed by atoms with Crippen molar-refractivity contribution in [3.05, 3.63) is 22.4 Å². The molecule has 74 valence electrons. The molecule has 1 aliphatic rings. The normalized spacial score (nSPS) is 18.5. The van der Waals surface area contributed by atoms with Crippen molar-refractivity contribution in [3.8, 4) is 0 Å². The molecule has 1 rings (SSSR count). The number of hydrogen-bond donors (Lipinski definition) is 0. The van der Waals surface area contributed by atoms with Crippen LogP contribution in [-0.4, -0.2) is 7.38 Å². The lowest BCUT2D eigenvalue weighted by Gasteiger charge is -2.17. The molecule has 1 aliphatic carbocycles. The Labute approximate surface area is 87.4 Å². The van der Waals surface area contributed by atoms with Crippen LogP contribution in [0.2, 0.25) is 13.1 Å². The fraction of sp³-hybridized carbons (Fsp3) is 0.636. The Morgan fingerprint density at radius 2 is 1.92 bits per heavy atom. The molecule has 0 fully saturated rings. The average molecular weight is 215 g/mol. The predicted molar refractivity (Wildman–Crippen MR) is 63.6 cm³/mol. The van der Waals surface area contributed by atoms with Gasteiger partial charge < -0.3 is 0 Å². The van der Waals surface area contributed by atoms with Crippen LogP contribution in [0.1, 0.15) is 27.2 Å². The van der Waals surface area contributed by atoms with Crippen molar-refractivity contribution in [3.63, 3.8) is 0 Å². The quantitative estimate of drug-likeness (QED) is 0.476. The second-order valence-electron chi connectivity index (χ2n) is 4.68. The minimum atomic E-state index is -1.58. The zero-order chi connectivity index (χ0) is 10.2. The summed E-state index contributed by atoms with van der Waals surface area (Å²) in [5.41, 5.74) is 2.98. The second-order valence-corrected chi connectivity index (χ2v) is 11.1. The molecule has 0 aromatic heterocycles. The van der Waals surface area contributed by atoms with Gasteiger partial charge in [0.1, 0.15) is 0 Å². The number of rotatable bonds is 2. The average Bonchev–Trinajstić information content (AvgIpc) is 2.29. The Bertz CT molecular complexity index is 266. The summed E-state index contributed by atoms with van der Waals surface area (Å²) in [6.45, 7) is 11.1. The Hall–Kier alpha value is -0.0131. The smallest absolute Gasteiger partial charge is 0.162 e. The first-order chi connectivity index (χ1) is 5.82. The largest absolute Gasteiger partial charge is 0.177 e. The molecular weight excluding hydrogens is 196 g/mol. The maximum atomic E-state index is 6.45. The first kappa shape index (κ1) is 11.1. The zero-order valence-electron chi connectivity index (χ0n) is 9.24. The molecule has 0 aliphatic heterocycles. The molecule has 0 aromatic rings. The summed E-state index contributed by atoms with van der Waals surface area (Å²) in [6, 6.07) is 0. The van der Waals surface area contributed by atoms with E-state index in [9.17, 15) is 0 Å². The summed E-state index contributed by atoms with van der Waals surface area (Å²) in [5, 5.41) is 1.53. The van der Waals surface area contributed by atoms with Gasteiger partial charge in [0, 0.05) is 0 Å². The second kappa shape index (κ2) is 3.62. The van der Waals surface area contributed by atoms with E-state index in [-0.39, 0.29) is 0 Å². The predicted octanol–water partition coefficient (Wildman–Crippen LogP) is 4.27. The minimum Gasteiger partial charge on any atom is -0.162 e. The molecule has 0 saturated heterocycles. The van der Waals surface area contributed by atoms with Crippen molar-refractivity contribution >= 4 is 18.5 Å². The van der Waals surface area contributed by atoms with E-state index in [2.05, 4.69) is 39.9 Å². The van der Waals surface area contributed by atoms with Gasteiger partial charge in [-0.3, -0.25) is 0 Å². The van der Waals surface area contributed by atoms with Gasteiger partial charge in [0.05, 0.1) is 0 Å². The van der Waals surface area contributed by atoms with E-state index in [1.165, 1.54) is 10.8 Å². The first-order valence-electron chi connectivity index (χ1n) is 4.92. The van der Waals surface area contributed by atoms with Crippen LogP contribution in [-0.2, 0) is 0 Å². The van der Waals surface area contributed by atoms with Gasteiger partial charge in [0.25, 0.3) is 0 Å². The monoisotopic (exact) mass is 214 g/mol. The maximum Gasteiger partial charge on any atom is 0.177 e. The van der Waals surface area contributed by atoms with Crippen molar-refractivity contribution < 1.29 is 0 Å². The number of halogens is 1. The van der Waals surface area contributed by atoms with Gasteiger partial charge in [-0.15, -0.1) is 0 Å². The van der Waals surface area contributed by atoms with Crippen molar-refractivity contribution in [1.29, 1.82) is 0 Å². The third kappa shape index (κ3) is 2.47. The number of hydrogen-bond acceptors (Lipinski definition) is 0. The molecule has 0 heterocycles. The van der Waals surface area contributed by atoms with Gasteiger partial charge in [-0.25, -0.2) is 0 Å². The lowest BCUT2D eigenvalue weighted by atomic mass is 10.0. The fourth-order valence-corrected chi connectivity index (χ4v) is 4.09. The third-order valence-electron chi connectivity index (χ3n) is 2.72. The highest BCUT2D eigenvalue weighted by Gasteiger charge is 2.29. The van der Waals surface area contributed by atoms with Crippen LogP contribution in [0.25, 0.3) is 0 Å². The van der Waals surface area contributed by atoms with Crippen LogP contribution in [0.3, 0.4) is 0 Å². The van der Waals surface area contributed by atoms with Crippen molar-refractivity contribution in [1.82, 2.24) is 0 Å². The highest BCUT2D eigenvalue weighted by molar-refractivity contribution is 7.23. The van der Waals surface area contributed by atoms with E-state index in [1.54, 1.807) is 5.57 Å². The summed E-state index contributed by atoms with van der Waals surface area (Å²) < 4.78 is 0. The molecular formula is C11H19ClSi. The van der Waals surface area contributed by atoms with Crippen molar-refractivity contribution in [2.24, 2.45) is 5.92 Å². The van der Waals surface area contributed by atoms with E-state index >= 15 is 0 Å². The van der Waals surface area contributed by atoms with E-state index in [0.717, 1.165) is 6.42 Å². The van der Waals surface area contributed by atoms with E-state index in [4.69, 9.17) is 11.1 Å². The Morgan fingerprint density at radius 1 is 1.38 bits per heavy atom. The zero-order valence-corrected chi connectivity index (χ0v) is 11.0. The van der Waals surface area contributed by atoms with Gasteiger partial charge in [0.2, 0.25) is 0 Å². The van der Waals surface area contributed by atoms with Crippen LogP contribution >= 0.6 is 11.1 Å². The molecule has 0 nitrogen and oxygen atoms in total. The van der Waals surface area contributed by atoms with Crippen LogP contribution in [0.4, 0.5) is 0 Å². The van der Waals surface area contributed by atoms with Gasteiger partial charge in [-0.2, -0.15) is 11.1 Å². The van der Waals surface area contributed by atoms with Crippen molar-refractivity contribution in [2.45, 2.75) is 40.3 Å².